The number of para-hydroxylation sites is 1. The zero-order chi connectivity index (χ0) is 19.7. The molecule has 0 fully saturated rings. The van der Waals surface area contributed by atoms with Gasteiger partial charge in [0.2, 0.25) is 5.13 Å². The van der Waals surface area contributed by atoms with Crippen molar-refractivity contribution in [1.82, 2.24) is 20.0 Å². The lowest BCUT2D eigenvalue weighted by Gasteiger charge is -1.99. The van der Waals surface area contributed by atoms with Crippen LogP contribution in [0.4, 0.5) is 5.13 Å². The van der Waals surface area contributed by atoms with Gasteiger partial charge in [-0.3, -0.25) is 9.89 Å². The third kappa shape index (κ3) is 3.64. The van der Waals surface area contributed by atoms with E-state index >= 15 is 0 Å². The monoisotopic (exact) mass is 429 g/mol. The highest BCUT2D eigenvalue weighted by Crippen LogP contribution is 2.34. The van der Waals surface area contributed by atoms with Gasteiger partial charge in [-0.15, -0.1) is 10.2 Å². The third-order valence-corrected chi connectivity index (χ3v) is 5.42. The van der Waals surface area contributed by atoms with Crippen molar-refractivity contribution in [2.75, 3.05) is 0 Å². The van der Waals surface area contributed by atoms with Crippen molar-refractivity contribution in [3.05, 3.63) is 80.2 Å². The van der Waals surface area contributed by atoms with Gasteiger partial charge in [-0.2, -0.15) is 0 Å². The molecule has 0 unspecified atom stereocenters. The van der Waals surface area contributed by atoms with Crippen molar-refractivity contribution in [1.29, 1.82) is 0 Å². The van der Waals surface area contributed by atoms with Gasteiger partial charge in [-0.1, -0.05) is 52.7 Å². The van der Waals surface area contributed by atoms with Gasteiger partial charge < -0.3 is 0 Å². The van der Waals surface area contributed by atoms with Gasteiger partial charge in [0.1, 0.15) is 0 Å². The minimum atomic E-state index is -0.182. The maximum absolute atomic E-state index is 12.7. The number of hydrogen-bond donors (Lipinski definition) is 1. The number of aryl methyl sites for hydroxylation is 1. The van der Waals surface area contributed by atoms with E-state index in [1.807, 2.05) is 37.3 Å². The van der Waals surface area contributed by atoms with E-state index in [0.29, 0.717) is 31.4 Å². The maximum Gasteiger partial charge on any atom is 0.280 e. The first-order valence-corrected chi connectivity index (χ1v) is 9.80. The Labute approximate surface area is 174 Å². The fourth-order valence-corrected chi connectivity index (χ4v) is 3.91. The average Bonchev–Trinajstić information content (AvgIpc) is 3.25. The minimum Gasteiger partial charge on any atom is -0.295 e. The van der Waals surface area contributed by atoms with Gasteiger partial charge >= 0.3 is 0 Å². The Balaban J connectivity index is 1.63. The first-order chi connectivity index (χ1) is 13.5. The number of rotatable bonds is 4. The Morgan fingerprint density at radius 3 is 2.68 bits per heavy atom. The number of aromatic amines is 1. The van der Waals surface area contributed by atoms with Gasteiger partial charge in [0.25, 0.3) is 5.56 Å². The first kappa shape index (κ1) is 18.6. The highest BCUT2D eigenvalue weighted by atomic mass is 35.5. The van der Waals surface area contributed by atoms with Crippen LogP contribution in [0.2, 0.25) is 10.0 Å². The van der Waals surface area contributed by atoms with Crippen molar-refractivity contribution in [2.24, 2.45) is 4.99 Å². The second kappa shape index (κ2) is 7.71. The van der Waals surface area contributed by atoms with Crippen molar-refractivity contribution in [3.8, 4) is 16.3 Å². The summed E-state index contributed by atoms with van der Waals surface area (Å²) in [6.07, 6.45) is 1.50. The van der Waals surface area contributed by atoms with Gasteiger partial charge in [0.15, 0.2) is 5.01 Å². The van der Waals surface area contributed by atoms with E-state index in [2.05, 4.69) is 20.3 Å². The molecule has 4 aromatic rings. The maximum atomic E-state index is 12.7. The molecule has 0 aliphatic rings. The largest absolute Gasteiger partial charge is 0.295 e. The average molecular weight is 430 g/mol. The van der Waals surface area contributed by atoms with Gasteiger partial charge in [0.05, 0.1) is 16.3 Å². The number of nitrogens with one attached hydrogen (secondary N) is 1. The molecule has 0 amide bonds. The number of hydrogen-bond acceptors (Lipinski definition) is 5. The van der Waals surface area contributed by atoms with Crippen LogP contribution in [0.1, 0.15) is 11.3 Å². The molecule has 28 heavy (non-hydrogen) atoms. The summed E-state index contributed by atoms with van der Waals surface area (Å²) < 4.78 is 1.48. The van der Waals surface area contributed by atoms with Crippen molar-refractivity contribution in [2.45, 2.75) is 6.92 Å². The van der Waals surface area contributed by atoms with Crippen LogP contribution in [0.15, 0.2) is 58.3 Å². The first-order valence-electron chi connectivity index (χ1n) is 8.23. The lowest BCUT2D eigenvalue weighted by molar-refractivity contribution is 0.835. The van der Waals surface area contributed by atoms with E-state index in [1.165, 1.54) is 22.2 Å². The quantitative estimate of drug-likeness (QED) is 0.461. The van der Waals surface area contributed by atoms with Crippen LogP contribution in [-0.2, 0) is 0 Å². The predicted octanol–water partition coefficient (Wildman–Crippen LogP) is 5.05. The second-order valence-electron chi connectivity index (χ2n) is 5.90. The van der Waals surface area contributed by atoms with E-state index in [9.17, 15) is 4.79 Å². The Bertz CT molecular complexity index is 1230. The molecule has 0 bridgehead atoms. The zero-order valence-corrected chi connectivity index (χ0v) is 16.9. The summed E-state index contributed by atoms with van der Waals surface area (Å²) in [6, 6.07) is 14.5. The molecule has 6 nitrogen and oxygen atoms in total. The molecule has 0 radical (unpaired) electrons. The molecule has 9 heteroatoms. The number of aromatic nitrogens is 4. The third-order valence-electron chi connectivity index (χ3n) is 4.01. The summed E-state index contributed by atoms with van der Waals surface area (Å²) in [6.45, 7) is 1.82. The molecule has 140 valence electrons. The molecule has 0 aliphatic carbocycles. The van der Waals surface area contributed by atoms with Gasteiger partial charge in [-0.05, 0) is 37.3 Å². The smallest absolute Gasteiger partial charge is 0.280 e. The standard InChI is InChI=1S/C19H13Cl2N5OS/c1-11-15(18(27)26(25-11)13-5-3-2-4-6-13)10-22-19-24-23-17(28-19)14-8-7-12(20)9-16(14)21/h2-10,25H,1H3/b22-10+. The van der Waals surface area contributed by atoms with Crippen LogP contribution in [0, 0.1) is 6.92 Å². The Morgan fingerprint density at radius 2 is 1.93 bits per heavy atom. The lowest BCUT2D eigenvalue weighted by atomic mass is 10.2. The number of aliphatic imine (C=N–C) groups is 1. The number of nitrogens with zero attached hydrogens (tertiary/aromatic N) is 4. The SMILES string of the molecule is Cc1[nH]n(-c2ccccc2)c(=O)c1/C=N/c1nnc(-c2ccc(Cl)cc2Cl)s1. The molecule has 0 saturated carbocycles. The predicted molar refractivity (Wildman–Crippen MR) is 114 cm³/mol. The van der Waals surface area contributed by atoms with Crippen LogP contribution >= 0.6 is 34.5 Å². The van der Waals surface area contributed by atoms with Crippen LogP contribution in [0.3, 0.4) is 0 Å². The van der Waals surface area contributed by atoms with Crippen LogP contribution in [-0.4, -0.2) is 26.2 Å². The van der Waals surface area contributed by atoms with E-state index in [1.54, 1.807) is 18.2 Å². The highest BCUT2D eigenvalue weighted by Gasteiger charge is 2.12. The summed E-state index contributed by atoms with van der Waals surface area (Å²) in [4.78, 5) is 17.0. The van der Waals surface area contributed by atoms with Gasteiger partial charge in [-0.25, -0.2) is 9.67 Å². The highest BCUT2D eigenvalue weighted by molar-refractivity contribution is 7.18. The number of halogens is 2. The van der Waals surface area contributed by atoms with Crippen molar-refractivity contribution in [3.63, 3.8) is 0 Å². The van der Waals surface area contributed by atoms with Crippen LogP contribution in [0.5, 0.6) is 0 Å². The van der Waals surface area contributed by atoms with Gasteiger partial charge in [0, 0.05) is 22.5 Å². The molecular weight excluding hydrogens is 417 g/mol. The summed E-state index contributed by atoms with van der Waals surface area (Å²) in [7, 11) is 0. The second-order valence-corrected chi connectivity index (χ2v) is 7.70. The van der Waals surface area contributed by atoms with Crippen LogP contribution in [0.25, 0.3) is 16.3 Å². The topological polar surface area (TPSA) is 75.9 Å². The van der Waals surface area contributed by atoms with Crippen molar-refractivity contribution >= 4 is 45.9 Å². The summed E-state index contributed by atoms with van der Waals surface area (Å²) in [5.74, 6) is 0. The van der Waals surface area contributed by atoms with E-state index in [-0.39, 0.29) is 5.56 Å². The van der Waals surface area contributed by atoms with E-state index < -0.39 is 0 Å². The molecule has 4 rings (SSSR count). The summed E-state index contributed by atoms with van der Waals surface area (Å²) in [5, 5.41) is 13.3. The van der Waals surface area contributed by atoms with E-state index in [4.69, 9.17) is 23.2 Å². The zero-order valence-electron chi connectivity index (χ0n) is 14.6. The molecule has 0 spiro atoms. The molecule has 2 aromatic heterocycles. The Kier molecular flexibility index (Phi) is 5.13. The molecule has 0 saturated heterocycles. The van der Waals surface area contributed by atoms with E-state index in [0.717, 1.165) is 11.3 Å². The Hall–Kier alpha value is -2.74. The van der Waals surface area contributed by atoms with Crippen LogP contribution < -0.4 is 5.56 Å². The molecule has 0 atom stereocenters. The fourth-order valence-electron chi connectivity index (χ4n) is 2.63. The molecule has 0 aliphatic heterocycles. The normalized spacial score (nSPS) is 11.4. The lowest BCUT2D eigenvalue weighted by Crippen LogP contribution is -2.17. The molecule has 2 heterocycles. The Morgan fingerprint density at radius 1 is 1.14 bits per heavy atom. The number of benzene rings is 2. The summed E-state index contributed by atoms with van der Waals surface area (Å²) >= 11 is 13.4. The van der Waals surface area contributed by atoms with Crippen molar-refractivity contribution < 1.29 is 0 Å². The molecule has 2 aromatic carbocycles. The summed E-state index contributed by atoms with van der Waals surface area (Å²) in [5.41, 5.74) is 2.48. The fraction of sp³-hybridized carbons (Fsp3) is 0.0526. The molecule has 1 N–H and O–H groups in total. The number of H-pyrrole nitrogens is 1. The minimum absolute atomic E-state index is 0.182. The molecular formula is C19H13Cl2N5OS.